The highest BCUT2D eigenvalue weighted by molar-refractivity contribution is 5.99. The number of rotatable bonds is 9. The predicted octanol–water partition coefficient (Wildman–Crippen LogP) is 3.91. The van der Waals surface area contributed by atoms with Crippen LogP contribution < -0.4 is 10.6 Å². The van der Waals surface area contributed by atoms with Crippen molar-refractivity contribution in [2.75, 3.05) is 19.0 Å². The fourth-order valence-corrected chi connectivity index (χ4v) is 3.47. The molecular formula is C27H25N5O3. The number of methoxy groups -OCH3 is 1. The van der Waals surface area contributed by atoms with Gasteiger partial charge in [-0.1, -0.05) is 24.3 Å². The number of hydrogen-bond acceptors (Lipinski definition) is 7. The highest BCUT2D eigenvalue weighted by Gasteiger charge is 2.15. The van der Waals surface area contributed by atoms with Crippen molar-refractivity contribution < 1.29 is 14.3 Å². The van der Waals surface area contributed by atoms with Crippen LogP contribution in [-0.4, -0.2) is 40.5 Å². The first-order valence-corrected chi connectivity index (χ1v) is 11.1. The van der Waals surface area contributed by atoms with Crippen LogP contribution in [0.4, 0.5) is 5.82 Å². The Balaban J connectivity index is 1.55. The van der Waals surface area contributed by atoms with E-state index in [1.54, 1.807) is 55.0 Å². The Morgan fingerprint density at radius 1 is 0.943 bits per heavy atom. The van der Waals surface area contributed by atoms with Gasteiger partial charge in [0.2, 0.25) is 0 Å². The summed E-state index contributed by atoms with van der Waals surface area (Å²) in [4.78, 5) is 37.9. The van der Waals surface area contributed by atoms with Crippen LogP contribution in [0, 0.1) is 0 Å². The van der Waals surface area contributed by atoms with E-state index in [0.29, 0.717) is 42.1 Å². The van der Waals surface area contributed by atoms with Crippen molar-refractivity contribution in [3.05, 3.63) is 108 Å². The number of anilines is 1. The summed E-state index contributed by atoms with van der Waals surface area (Å²) < 4.78 is 4.76. The van der Waals surface area contributed by atoms with Crippen molar-refractivity contribution in [3.8, 4) is 11.3 Å². The summed E-state index contributed by atoms with van der Waals surface area (Å²) in [5.74, 6) is -0.171. The number of hydrogen-bond donors (Lipinski definition) is 2. The van der Waals surface area contributed by atoms with E-state index >= 15 is 0 Å². The fourth-order valence-electron chi connectivity index (χ4n) is 3.47. The molecule has 1 aromatic carbocycles. The molecule has 176 valence electrons. The lowest BCUT2D eigenvalue weighted by Gasteiger charge is -2.13. The van der Waals surface area contributed by atoms with Crippen molar-refractivity contribution in [1.29, 1.82) is 0 Å². The number of nitrogens with one attached hydrogen (secondary N) is 2. The molecule has 0 aliphatic rings. The average molecular weight is 468 g/mol. The summed E-state index contributed by atoms with van der Waals surface area (Å²) in [5.41, 5.74) is 4.22. The summed E-state index contributed by atoms with van der Waals surface area (Å²) >= 11 is 0. The molecule has 2 N–H and O–H groups in total. The highest BCUT2D eigenvalue weighted by atomic mass is 16.5. The van der Waals surface area contributed by atoms with E-state index in [-0.39, 0.29) is 5.91 Å². The maximum Gasteiger partial charge on any atom is 0.337 e. The molecule has 0 saturated carbocycles. The number of ether oxygens (including phenoxy) is 1. The zero-order valence-electron chi connectivity index (χ0n) is 19.3. The first-order valence-electron chi connectivity index (χ1n) is 11.1. The van der Waals surface area contributed by atoms with E-state index in [2.05, 4.69) is 20.6 Å². The normalized spacial score (nSPS) is 10.4. The smallest absolute Gasteiger partial charge is 0.337 e. The SMILES string of the molecule is COC(=O)c1ccc(-c2ccc(C(=O)NCc3cccnc3)c(NCCc3ccccn3)n2)cc1. The van der Waals surface area contributed by atoms with Crippen molar-refractivity contribution in [1.82, 2.24) is 20.3 Å². The number of benzene rings is 1. The molecule has 0 fully saturated rings. The first kappa shape index (κ1) is 23.6. The number of nitrogens with zero attached hydrogens (tertiary/aromatic N) is 3. The van der Waals surface area contributed by atoms with Gasteiger partial charge in [-0.05, 0) is 48.0 Å². The third-order valence-corrected chi connectivity index (χ3v) is 5.32. The van der Waals surface area contributed by atoms with Gasteiger partial charge in [0.05, 0.1) is 23.9 Å². The third kappa shape index (κ3) is 6.26. The number of carbonyl (C=O) groups is 2. The largest absolute Gasteiger partial charge is 0.465 e. The first-order chi connectivity index (χ1) is 17.1. The Morgan fingerprint density at radius 2 is 1.80 bits per heavy atom. The summed E-state index contributed by atoms with van der Waals surface area (Å²) in [5, 5.41) is 6.22. The van der Waals surface area contributed by atoms with Gasteiger partial charge in [-0.25, -0.2) is 9.78 Å². The van der Waals surface area contributed by atoms with Crippen LogP contribution in [0.1, 0.15) is 32.0 Å². The fraction of sp³-hybridized carbons (Fsp3) is 0.148. The minimum Gasteiger partial charge on any atom is -0.465 e. The van der Waals surface area contributed by atoms with Gasteiger partial charge in [0.25, 0.3) is 5.91 Å². The van der Waals surface area contributed by atoms with Gasteiger partial charge in [-0.15, -0.1) is 0 Å². The standard InChI is InChI=1S/C27H25N5O3/c1-35-27(34)21-9-7-20(8-10-21)24-12-11-23(26(33)31-18-19-5-4-14-28-17-19)25(32-24)30-16-13-22-6-2-3-15-29-22/h2-12,14-15,17H,13,16,18H2,1H3,(H,30,32)(H,31,33). The second kappa shape index (κ2) is 11.5. The van der Waals surface area contributed by atoms with Gasteiger partial charge in [-0.3, -0.25) is 14.8 Å². The van der Waals surface area contributed by atoms with Crippen molar-refractivity contribution in [3.63, 3.8) is 0 Å². The molecule has 0 unspecified atom stereocenters. The molecule has 8 heteroatoms. The average Bonchev–Trinajstić information content (AvgIpc) is 2.92. The number of esters is 1. The summed E-state index contributed by atoms with van der Waals surface area (Å²) in [6.07, 6.45) is 5.84. The van der Waals surface area contributed by atoms with Gasteiger partial charge >= 0.3 is 5.97 Å². The lowest BCUT2D eigenvalue weighted by atomic mass is 10.1. The highest BCUT2D eigenvalue weighted by Crippen LogP contribution is 2.23. The minimum atomic E-state index is -0.401. The van der Waals surface area contributed by atoms with Crippen LogP contribution in [0.5, 0.6) is 0 Å². The molecule has 0 aliphatic carbocycles. The summed E-state index contributed by atoms with van der Waals surface area (Å²) in [7, 11) is 1.35. The van der Waals surface area contributed by atoms with Crippen LogP contribution in [0.2, 0.25) is 0 Å². The number of carbonyl (C=O) groups excluding carboxylic acids is 2. The molecule has 35 heavy (non-hydrogen) atoms. The van der Waals surface area contributed by atoms with E-state index in [0.717, 1.165) is 16.8 Å². The topological polar surface area (TPSA) is 106 Å². The predicted molar refractivity (Wildman–Crippen MR) is 133 cm³/mol. The molecule has 3 heterocycles. The van der Waals surface area contributed by atoms with Crippen molar-refractivity contribution in [2.45, 2.75) is 13.0 Å². The van der Waals surface area contributed by atoms with Crippen molar-refractivity contribution >= 4 is 17.7 Å². The van der Waals surface area contributed by atoms with Crippen LogP contribution in [0.25, 0.3) is 11.3 Å². The zero-order valence-corrected chi connectivity index (χ0v) is 19.3. The second-order valence-electron chi connectivity index (χ2n) is 7.70. The van der Waals surface area contributed by atoms with E-state index in [1.165, 1.54) is 7.11 Å². The van der Waals surface area contributed by atoms with Gasteiger partial charge in [-0.2, -0.15) is 0 Å². The Hall–Kier alpha value is -4.59. The number of pyridine rings is 3. The molecule has 8 nitrogen and oxygen atoms in total. The molecule has 0 bridgehead atoms. The van der Waals surface area contributed by atoms with Crippen LogP contribution in [-0.2, 0) is 17.7 Å². The van der Waals surface area contributed by atoms with E-state index in [9.17, 15) is 9.59 Å². The quantitative estimate of drug-likeness (QED) is 0.360. The number of amides is 1. The van der Waals surface area contributed by atoms with Crippen molar-refractivity contribution in [2.24, 2.45) is 0 Å². The van der Waals surface area contributed by atoms with Gasteiger partial charge in [0.1, 0.15) is 5.82 Å². The molecule has 0 atom stereocenters. The van der Waals surface area contributed by atoms with E-state index in [4.69, 9.17) is 9.72 Å². The third-order valence-electron chi connectivity index (χ3n) is 5.32. The molecule has 1 amide bonds. The molecule has 0 spiro atoms. The lowest BCUT2D eigenvalue weighted by Crippen LogP contribution is -2.25. The Labute approximate surface area is 203 Å². The molecule has 0 aliphatic heterocycles. The van der Waals surface area contributed by atoms with Crippen LogP contribution in [0.15, 0.2) is 85.3 Å². The summed E-state index contributed by atoms with van der Waals surface area (Å²) in [6, 6.07) is 20.0. The molecule has 4 aromatic rings. The minimum absolute atomic E-state index is 0.241. The molecule has 0 saturated heterocycles. The van der Waals surface area contributed by atoms with Crippen LogP contribution >= 0.6 is 0 Å². The maximum atomic E-state index is 13.0. The zero-order chi connectivity index (χ0) is 24.5. The monoisotopic (exact) mass is 467 g/mol. The van der Waals surface area contributed by atoms with Gasteiger partial charge in [0.15, 0.2) is 0 Å². The molecule has 4 rings (SSSR count). The van der Waals surface area contributed by atoms with E-state index < -0.39 is 5.97 Å². The summed E-state index contributed by atoms with van der Waals surface area (Å²) in [6.45, 7) is 0.911. The molecular weight excluding hydrogens is 442 g/mol. The molecule has 0 radical (unpaired) electrons. The second-order valence-corrected chi connectivity index (χ2v) is 7.70. The van der Waals surface area contributed by atoms with E-state index in [1.807, 2.05) is 30.3 Å². The molecule has 3 aromatic heterocycles. The van der Waals surface area contributed by atoms with Gasteiger partial charge < -0.3 is 15.4 Å². The number of aromatic nitrogens is 3. The van der Waals surface area contributed by atoms with Crippen LogP contribution in [0.3, 0.4) is 0 Å². The Bertz CT molecular complexity index is 1280. The maximum absolute atomic E-state index is 13.0. The Morgan fingerprint density at radius 3 is 2.51 bits per heavy atom. The lowest BCUT2D eigenvalue weighted by molar-refractivity contribution is 0.0600. The Kier molecular flexibility index (Phi) is 7.75. The van der Waals surface area contributed by atoms with Gasteiger partial charge in [0, 0.05) is 49.4 Å².